The molecule has 7 heteroatoms. The molecule has 25 heavy (non-hydrogen) atoms. The molecule has 0 atom stereocenters. The fourth-order valence-electron chi connectivity index (χ4n) is 2.24. The summed E-state index contributed by atoms with van der Waals surface area (Å²) >= 11 is 1.56. The highest BCUT2D eigenvalue weighted by atomic mass is 32.1. The van der Waals surface area contributed by atoms with Crippen molar-refractivity contribution >= 4 is 29.3 Å². The van der Waals surface area contributed by atoms with Gasteiger partial charge >= 0.3 is 5.97 Å². The minimum Gasteiger partial charge on any atom is -0.497 e. The van der Waals surface area contributed by atoms with E-state index >= 15 is 0 Å². The summed E-state index contributed by atoms with van der Waals surface area (Å²) < 4.78 is 15.8. The fourth-order valence-corrected chi connectivity index (χ4v) is 3.03. The molecular weight excluding hydrogens is 340 g/mol. The Morgan fingerprint density at radius 1 is 1.16 bits per heavy atom. The molecule has 1 aromatic heterocycles. The second-order valence-electron chi connectivity index (χ2n) is 5.70. The highest BCUT2D eigenvalue weighted by Crippen LogP contribution is 2.27. The first kappa shape index (κ1) is 17.2. The molecule has 0 amide bonds. The monoisotopic (exact) mass is 358 g/mol. The van der Waals surface area contributed by atoms with E-state index in [1.54, 1.807) is 49.8 Å². The predicted octanol–water partition coefficient (Wildman–Crippen LogP) is 3.63. The number of rotatable bonds is 5. The van der Waals surface area contributed by atoms with E-state index in [9.17, 15) is 4.79 Å². The van der Waals surface area contributed by atoms with Crippen molar-refractivity contribution in [1.29, 1.82) is 0 Å². The van der Waals surface area contributed by atoms with Crippen LogP contribution in [0.2, 0.25) is 0 Å². The predicted molar refractivity (Wildman–Crippen MR) is 96.4 cm³/mol. The minimum absolute atomic E-state index is 0.216. The number of esters is 1. The Kier molecular flexibility index (Phi) is 4.85. The van der Waals surface area contributed by atoms with Gasteiger partial charge in [-0.25, -0.2) is 14.8 Å². The van der Waals surface area contributed by atoms with Crippen molar-refractivity contribution in [1.82, 2.24) is 4.98 Å². The van der Waals surface area contributed by atoms with Crippen molar-refractivity contribution in [2.45, 2.75) is 19.8 Å². The van der Waals surface area contributed by atoms with E-state index in [2.05, 4.69) is 23.8 Å². The van der Waals surface area contributed by atoms with E-state index in [0.717, 1.165) is 5.01 Å². The summed E-state index contributed by atoms with van der Waals surface area (Å²) in [5.74, 6) is 1.23. The number of nitrogens with zero attached hydrogens (tertiary/aromatic N) is 2. The van der Waals surface area contributed by atoms with Gasteiger partial charge in [-0.1, -0.05) is 13.8 Å². The molecule has 1 aromatic carbocycles. The number of aliphatic imine (C=N–C) groups is 1. The number of hydrogen-bond donors (Lipinski definition) is 0. The standard InChI is InChI=1S/C18H18N2O4S/c1-10(2)17-19-12(9-25-17)7-15-18(21)24-16(20-15)11-5-13(22-3)8-14(6-11)23-4/h5-10H,1-4H3/b15-7-. The van der Waals surface area contributed by atoms with E-state index in [4.69, 9.17) is 14.2 Å². The molecule has 6 nitrogen and oxygen atoms in total. The lowest BCUT2D eigenvalue weighted by atomic mass is 10.2. The van der Waals surface area contributed by atoms with Gasteiger partial charge in [0.05, 0.1) is 24.9 Å². The normalized spacial score (nSPS) is 15.5. The molecule has 0 aliphatic carbocycles. The summed E-state index contributed by atoms with van der Waals surface area (Å²) in [5.41, 5.74) is 1.53. The summed E-state index contributed by atoms with van der Waals surface area (Å²) in [6, 6.07) is 5.20. The van der Waals surface area contributed by atoms with Crippen LogP contribution in [-0.4, -0.2) is 31.1 Å². The SMILES string of the molecule is COc1cc(OC)cc(C2=N/C(=C\c3csc(C(C)C)n3)C(=O)O2)c1. The van der Waals surface area contributed by atoms with Gasteiger partial charge in [0.2, 0.25) is 5.90 Å². The third kappa shape index (κ3) is 3.71. The van der Waals surface area contributed by atoms with Crippen molar-refractivity contribution in [3.8, 4) is 11.5 Å². The van der Waals surface area contributed by atoms with Gasteiger partial charge in [0, 0.05) is 22.9 Å². The third-order valence-electron chi connectivity index (χ3n) is 3.54. The number of ether oxygens (including phenoxy) is 3. The van der Waals surface area contributed by atoms with Crippen LogP contribution < -0.4 is 9.47 Å². The molecule has 0 unspecified atom stereocenters. The maximum atomic E-state index is 12.1. The zero-order chi connectivity index (χ0) is 18.0. The van der Waals surface area contributed by atoms with Gasteiger partial charge in [0.1, 0.15) is 11.5 Å². The van der Waals surface area contributed by atoms with Crippen molar-refractivity contribution in [3.63, 3.8) is 0 Å². The summed E-state index contributed by atoms with van der Waals surface area (Å²) in [7, 11) is 3.11. The number of carbonyl (C=O) groups excluding carboxylic acids is 1. The van der Waals surface area contributed by atoms with E-state index in [-0.39, 0.29) is 11.6 Å². The molecule has 0 radical (unpaired) electrons. The van der Waals surface area contributed by atoms with E-state index in [1.807, 2.05) is 5.38 Å². The molecule has 0 bridgehead atoms. The average Bonchev–Trinajstić information content (AvgIpc) is 3.22. The summed E-state index contributed by atoms with van der Waals surface area (Å²) in [4.78, 5) is 20.9. The van der Waals surface area contributed by atoms with Crippen molar-refractivity contribution in [2.75, 3.05) is 14.2 Å². The lowest BCUT2D eigenvalue weighted by Crippen LogP contribution is -2.06. The Labute approximate surface area is 149 Å². The van der Waals surface area contributed by atoms with Crippen LogP contribution >= 0.6 is 11.3 Å². The number of hydrogen-bond acceptors (Lipinski definition) is 7. The van der Waals surface area contributed by atoms with Crippen LogP contribution in [0, 0.1) is 0 Å². The van der Waals surface area contributed by atoms with Crippen molar-refractivity contribution < 1.29 is 19.0 Å². The molecular formula is C18H18N2O4S. The summed E-state index contributed by atoms with van der Waals surface area (Å²) in [5, 5.41) is 2.91. The molecule has 130 valence electrons. The van der Waals surface area contributed by atoms with Gasteiger partial charge in [-0.3, -0.25) is 0 Å². The smallest absolute Gasteiger partial charge is 0.363 e. The maximum absolute atomic E-state index is 12.1. The Balaban J connectivity index is 1.93. The molecule has 3 rings (SSSR count). The molecule has 1 aliphatic heterocycles. The molecule has 0 spiro atoms. The van der Waals surface area contributed by atoms with Crippen LogP contribution in [0.25, 0.3) is 6.08 Å². The largest absolute Gasteiger partial charge is 0.497 e. The molecule has 1 aliphatic rings. The Morgan fingerprint density at radius 2 is 1.84 bits per heavy atom. The summed E-state index contributed by atoms with van der Waals surface area (Å²) in [6.07, 6.45) is 1.63. The van der Waals surface area contributed by atoms with Gasteiger partial charge in [-0.05, 0) is 18.2 Å². The van der Waals surface area contributed by atoms with Crippen molar-refractivity contribution in [3.05, 3.63) is 45.5 Å². The summed E-state index contributed by atoms with van der Waals surface area (Å²) in [6.45, 7) is 4.15. The number of methoxy groups -OCH3 is 2. The number of benzene rings is 1. The van der Waals surface area contributed by atoms with Crippen molar-refractivity contribution in [2.24, 2.45) is 4.99 Å². The van der Waals surface area contributed by atoms with Gasteiger partial charge in [0.25, 0.3) is 0 Å². The highest BCUT2D eigenvalue weighted by molar-refractivity contribution is 7.09. The van der Waals surface area contributed by atoms with Gasteiger partial charge in [-0.15, -0.1) is 11.3 Å². The zero-order valence-electron chi connectivity index (χ0n) is 14.4. The fraction of sp³-hybridized carbons (Fsp3) is 0.278. The second kappa shape index (κ2) is 7.06. The van der Waals surface area contributed by atoms with E-state index < -0.39 is 5.97 Å². The van der Waals surface area contributed by atoms with Crippen LogP contribution in [0.5, 0.6) is 11.5 Å². The van der Waals surface area contributed by atoms with Crippen LogP contribution in [-0.2, 0) is 9.53 Å². The van der Waals surface area contributed by atoms with Crippen LogP contribution in [0.1, 0.15) is 36.0 Å². The highest BCUT2D eigenvalue weighted by Gasteiger charge is 2.25. The third-order valence-corrected chi connectivity index (χ3v) is 4.70. The maximum Gasteiger partial charge on any atom is 0.363 e. The number of thiazole rings is 1. The molecule has 2 aromatic rings. The van der Waals surface area contributed by atoms with E-state index in [1.165, 1.54) is 0 Å². The lowest BCUT2D eigenvalue weighted by molar-refractivity contribution is -0.129. The molecule has 0 N–H and O–H groups in total. The lowest BCUT2D eigenvalue weighted by Gasteiger charge is -2.07. The minimum atomic E-state index is -0.504. The van der Waals surface area contributed by atoms with Crippen LogP contribution in [0.4, 0.5) is 0 Å². The van der Waals surface area contributed by atoms with Crippen LogP contribution in [0.3, 0.4) is 0 Å². The van der Waals surface area contributed by atoms with Gasteiger partial charge in [-0.2, -0.15) is 0 Å². The number of aromatic nitrogens is 1. The first-order valence-electron chi connectivity index (χ1n) is 7.71. The first-order chi connectivity index (χ1) is 12.0. The first-order valence-corrected chi connectivity index (χ1v) is 8.59. The average molecular weight is 358 g/mol. The Hall–Kier alpha value is -2.67. The zero-order valence-corrected chi connectivity index (χ0v) is 15.2. The molecule has 0 fully saturated rings. The number of cyclic esters (lactones) is 1. The quantitative estimate of drug-likeness (QED) is 0.603. The Morgan fingerprint density at radius 3 is 2.40 bits per heavy atom. The second-order valence-corrected chi connectivity index (χ2v) is 6.59. The molecule has 2 heterocycles. The molecule has 0 saturated carbocycles. The van der Waals surface area contributed by atoms with Gasteiger partial charge in [0.15, 0.2) is 5.70 Å². The van der Waals surface area contributed by atoms with Crippen LogP contribution in [0.15, 0.2) is 34.3 Å². The van der Waals surface area contributed by atoms with E-state index in [0.29, 0.717) is 28.7 Å². The molecule has 0 saturated heterocycles. The van der Waals surface area contributed by atoms with Gasteiger partial charge < -0.3 is 14.2 Å². The topological polar surface area (TPSA) is 70.0 Å². The Bertz CT molecular complexity index is 845. The number of carbonyl (C=O) groups is 1.